The molecule has 0 aliphatic rings. The lowest BCUT2D eigenvalue weighted by Crippen LogP contribution is -2.27. The van der Waals surface area contributed by atoms with E-state index in [0.717, 1.165) is 0 Å². The molecule has 0 fully saturated rings. The first-order valence-corrected chi connectivity index (χ1v) is 6.34. The second-order valence-corrected chi connectivity index (χ2v) is 5.90. The van der Waals surface area contributed by atoms with Gasteiger partial charge in [-0.2, -0.15) is 0 Å². The molecule has 6 nitrogen and oxygen atoms in total. The van der Waals surface area contributed by atoms with E-state index in [0.29, 0.717) is 15.7 Å². The van der Waals surface area contributed by atoms with Crippen molar-refractivity contribution in [1.29, 1.82) is 0 Å². The van der Waals surface area contributed by atoms with Gasteiger partial charge in [0.1, 0.15) is 5.60 Å². The molecule has 0 spiro atoms. The third kappa shape index (κ3) is 4.51. The predicted octanol–water partition coefficient (Wildman–Crippen LogP) is 4.01. The molecule has 0 heterocycles. The standard InChI is InChI=1S/C12H15BrN2O4/c1-7-9(14-11(16)19-12(2,3)4)5-8(13)6-10(7)15(17)18/h5-6H,1-4H3,(H,14,16). The van der Waals surface area contributed by atoms with Crippen LogP contribution in [0.1, 0.15) is 26.3 Å². The third-order valence-corrected chi connectivity index (χ3v) is 2.64. The first kappa shape index (κ1) is 15.4. The summed E-state index contributed by atoms with van der Waals surface area (Å²) in [5, 5.41) is 13.4. The van der Waals surface area contributed by atoms with Crippen molar-refractivity contribution in [2.24, 2.45) is 0 Å². The zero-order valence-corrected chi connectivity index (χ0v) is 12.7. The largest absolute Gasteiger partial charge is 0.444 e. The van der Waals surface area contributed by atoms with Crippen LogP contribution in [0.15, 0.2) is 16.6 Å². The number of carbonyl (C=O) groups excluding carboxylic acids is 1. The lowest BCUT2D eigenvalue weighted by atomic mass is 10.1. The van der Waals surface area contributed by atoms with E-state index in [1.165, 1.54) is 6.07 Å². The van der Waals surface area contributed by atoms with Crippen LogP contribution in [0, 0.1) is 17.0 Å². The van der Waals surface area contributed by atoms with Gasteiger partial charge in [0, 0.05) is 10.5 Å². The minimum absolute atomic E-state index is 0.0690. The summed E-state index contributed by atoms with van der Waals surface area (Å²) < 4.78 is 5.61. The van der Waals surface area contributed by atoms with Crippen molar-refractivity contribution in [2.75, 3.05) is 5.32 Å². The highest BCUT2D eigenvalue weighted by molar-refractivity contribution is 9.10. The van der Waals surface area contributed by atoms with E-state index >= 15 is 0 Å². The summed E-state index contributed by atoms with van der Waals surface area (Å²) in [6, 6.07) is 2.97. The number of anilines is 1. The molecule has 1 aromatic rings. The number of nitrogens with zero attached hydrogens (tertiary/aromatic N) is 1. The molecule has 1 amide bonds. The van der Waals surface area contributed by atoms with Crippen molar-refractivity contribution in [3.8, 4) is 0 Å². The highest BCUT2D eigenvalue weighted by Gasteiger charge is 2.20. The minimum Gasteiger partial charge on any atom is -0.444 e. The smallest absolute Gasteiger partial charge is 0.412 e. The molecular weight excluding hydrogens is 316 g/mol. The quantitative estimate of drug-likeness (QED) is 0.656. The first-order valence-electron chi connectivity index (χ1n) is 5.54. The topological polar surface area (TPSA) is 81.5 Å². The van der Waals surface area contributed by atoms with Gasteiger partial charge in [0.05, 0.1) is 16.2 Å². The monoisotopic (exact) mass is 330 g/mol. The van der Waals surface area contributed by atoms with Crippen molar-refractivity contribution < 1.29 is 14.5 Å². The number of ether oxygens (including phenoxy) is 1. The molecule has 1 aromatic carbocycles. The van der Waals surface area contributed by atoms with Crippen LogP contribution in [-0.2, 0) is 4.74 Å². The van der Waals surface area contributed by atoms with Crippen LogP contribution >= 0.6 is 15.9 Å². The van der Waals surface area contributed by atoms with Crippen LogP contribution < -0.4 is 5.32 Å². The molecule has 7 heteroatoms. The Kier molecular flexibility index (Phi) is 4.52. The SMILES string of the molecule is Cc1c(NC(=O)OC(C)(C)C)cc(Br)cc1[N+](=O)[O-]. The van der Waals surface area contributed by atoms with Crippen molar-refractivity contribution in [1.82, 2.24) is 0 Å². The van der Waals surface area contributed by atoms with Gasteiger partial charge in [0.25, 0.3) is 5.69 Å². The second kappa shape index (κ2) is 5.56. The number of hydrogen-bond donors (Lipinski definition) is 1. The van der Waals surface area contributed by atoms with E-state index in [-0.39, 0.29) is 5.69 Å². The molecule has 0 atom stereocenters. The Balaban J connectivity index is 3.02. The fourth-order valence-electron chi connectivity index (χ4n) is 1.40. The number of nitro benzene ring substituents is 1. The molecule has 0 aromatic heterocycles. The maximum atomic E-state index is 11.7. The average Bonchev–Trinajstić information content (AvgIpc) is 2.19. The maximum Gasteiger partial charge on any atom is 0.412 e. The third-order valence-electron chi connectivity index (χ3n) is 2.18. The zero-order valence-electron chi connectivity index (χ0n) is 11.1. The molecule has 1 N–H and O–H groups in total. The van der Waals surface area contributed by atoms with E-state index in [4.69, 9.17) is 4.74 Å². The van der Waals surface area contributed by atoms with Gasteiger partial charge in [-0.05, 0) is 33.8 Å². The van der Waals surface area contributed by atoms with Gasteiger partial charge < -0.3 is 4.74 Å². The molecule has 0 saturated carbocycles. The molecule has 0 bridgehead atoms. The zero-order chi connectivity index (χ0) is 14.8. The van der Waals surface area contributed by atoms with Crippen LogP contribution in [0.3, 0.4) is 0 Å². The molecule has 0 unspecified atom stereocenters. The fourth-order valence-corrected chi connectivity index (χ4v) is 1.84. The first-order chi connectivity index (χ1) is 8.60. The number of benzene rings is 1. The Morgan fingerprint density at radius 1 is 1.42 bits per heavy atom. The number of rotatable bonds is 2. The number of halogens is 1. The summed E-state index contributed by atoms with van der Waals surface area (Å²) in [6.07, 6.45) is -0.650. The summed E-state index contributed by atoms with van der Waals surface area (Å²) in [4.78, 5) is 22.0. The number of nitrogens with one attached hydrogen (secondary N) is 1. The Morgan fingerprint density at radius 2 is 2.00 bits per heavy atom. The van der Waals surface area contributed by atoms with Crippen molar-refractivity contribution in [3.63, 3.8) is 0 Å². The van der Waals surface area contributed by atoms with Crippen LogP contribution in [0.4, 0.5) is 16.2 Å². The second-order valence-electron chi connectivity index (χ2n) is 4.98. The van der Waals surface area contributed by atoms with Gasteiger partial charge >= 0.3 is 6.09 Å². The number of nitro groups is 1. The fraction of sp³-hybridized carbons (Fsp3) is 0.417. The molecule has 0 radical (unpaired) electrons. The van der Waals surface area contributed by atoms with Crippen LogP contribution in [0.25, 0.3) is 0 Å². The van der Waals surface area contributed by atoms with Crippen LogP contribution in [-0.4, -0.2) is 16.6 Å². The van der Waals surface area contributed by atoms with E-state index in [1.54, 1.807) is 33.8 Å². The molecule has 1 rings (SSSR count). The molecular formula is C12H15BrN2O4. The summed E-state index contributed by atoms with van der Waals surface area (Å²) >= 11 is 3.17. The van der Waals surface area contributed by atoms with E-state index < -0.39 is 16.6 Å². The minimum atomic E-state index is -0.650. The van der Waals surface area contributed by atoms with Crippen LogP contribution in [0.5, 0.6) is 0 Å². The van der Waals surface area contributed by atoms with Crippen molar-refractivity contribution in [3.05, 3.63) is 32.3 Å². The van der Waals surface area contributed by atoms with Gasteiger partial charge in [0.2, 0.25) is 0 Å². The lowest BCUT2D eigenvalue weighted by molar-refractivity contribution is -0.385. The maximum absolute atomic E-state index is 11.7. The molecule has 0 aliphatic carbocycles. The van der Waals surface area contributed by atoms with Gasteiger partial charge in [0.15, 0.2) is 0 Å². The lowest BCUT2D eigenvalue weighted by Gasteiger charge is -2.20. The summed E-state index contributed by atoms with van der Waals surface area (Å²) in [7, 11) is 0. The van der Waals surface area contributed by atoms with Crippen molar-refractivity contribution in [2.45, 2.75) is 33.3 Å². The average molecular weight is 331 g/mol. The highest BCUT2D eigenvalue weighted by Crippen LogP contribution is 2.30. The number of hydrogen-bond acceptors (Lipinski definition) is 4. The number of carbonyl (C=O) groups is 1. The van der Waals surface area contributed by atoms with E-state index in [1.807, 2.05) is 0 Å². The number of amides is 1. The summed E-state index contributed by atoms with van der Waals surface area (Å²) in [5.41, 5.74) is 0.0189. The summed E-state index contributed by atoms with van der Waals surface area (Å²) in [6.45, 7) is 6.78. The Hall–Kier alpha value is -1.63. The molecule has 0 aliphatic heterocycles. The summed E-state index contributed by atoms with van der Waals surface area (Å²) in [5.74, 6) is 0. The predicted molar refractivity (Wildman–Crippen MR) is 75.4 cm³/mol. The van der Waals surface area contributed by atoms with E-state index in [2.05, 4.69) is 21.2 Å². The van der Waals surface area contributed by atoms with Gasteiger partial charge in [-0.3, -0.25) is 15.4 Å². The normalized spacial score (nSPS) is 11.0. The Labute approximate surface area is 119 Å². The van der Waals surface area contributed by atoms with Crippen LogP contribution in [0.2, 0.25) is 0 Å². The molecule has 19 heavy (non-hydrogen) atoms. The van der Waals surface area contributed by atoms with E-state index in [9.17, 15) is 14.9 Å². The van der Waals surface area contributed by atoms with Gasteiger partial charge in [-0.1, -0.05) is 15.9 Å². The van der Waals surface area contributed by atoms with Gasteiger partial charge in [-0.25, -0.2) is 4.79 Å². The molecule has 0 saturated heterocycles. The Morgan fingerprint density at radius 3 is 2.47 bits per heavy atom. The van der Waals surface area contributed by atoms with Gasteiger partial charge in [-0.15, -0.1) is 0 Å². The molecule has 104 valence electrons. The Bertz CT molecular complexity index is 523. The highest BCUT2D eigenvalue weighted by atomic mass is 79.9. The van der Waals surface area contributed by atoms with Crippen molar-refractivity contribution >= 4 is 33.4 Å².